The number of rotatable bonds is 6. The average molecular weight is 255 g/mol. The maximum absolute atomic E-state index is 11.4. The second kappa shape index (κ2) is 8.08. The number of nitrogens with zero attached hydrogens (tertiary/aromatic N) is 1. The predicted octanol–water partition coefficient (Wildman–Crippen LogP) is -0.760. The second-order valence-electron chi connectivity index (χ2n) is 3.92. The van der Waals surface area contributed by atoms with E-state index >= 15 is 0 Å². The van der Waals surface area contributed by atoms with Crippen LogP contribution in [0.4, 0.5) is 4.79 Å². The van der Waals surface area contributed by atoms with E-state index in [4.69, 9.17) is 11.5 Å². The lowest BCUT2D eigenvalue weighted by atomic mass is 10.4. The Morgan fingerprint density at radius 1 is 1.33 bits per heavy atom. The van der Waals surface area contributed by atoms with Crippen molar-refractivity contribution < 1.29 is 19.5 Å². The van der Waals surface area contributed by atoms with E-state index in [0.29, 0.717) is 0 Å². The topological polar surface area (TPSA) is 98.7 Å². The van der Waals surface area contributed by atoms with E-state index in [2.05, 4.69) is 16.6 Å². The van der Waals surface area contributed by atoms with Gasteiger partial charge in [0.2, 0.25) is 5.91 Å². The molecule has 3 amide bonds. The summed E-state index contributed by atoms with van der Waals surface area (Å²) in [7, 11) is 0. The molecule has 0 radical (unpaired) electrons. The first-order valence-corrected chi connectivity index (χ1v) is 5.33. The molecule has 0 bridgehead atoms. The summed E-state index contributed by atoms with van der Waals surface area (Å²) in [5.41, 5.74) is 0. The van der Waals surface area contributed by atoms with E-state index in [-0.39, 0.29) is 25.7 Å². The van der Waals surface area contributed by atoms with Gasteiger partial charge in [0.15, 0.2) is 0 Å². The first kappa shape index (κ1) is 15.9. The quantitative estimate of drug-likeness (QED) is 0.542. The summed E-state index contributed by atoms with van der Waals surface area (Å²) in [6.45, 7) is 2.91. The van der Waals surface area contributed by atoms with Gasteiger partial charge in [0, 0.05) is 6.04 Å². The molecule has 3 N–H and O–H groups in total. The van der Waals surface area contributed by atoms with E-state index in [9.17, 15) is 14.4 Å². The van der Waals surface area contributed by atoms with Gasteiger partial charge in [-0.25, -0.2) is 4.79 Å². The van der Waals surface area contributed by atoms with Crippen LogP contribution in [0, 0.1) is 12.3 Å². The van der Waals surface area contributed by atoms with Crippen LogP contribution in [-0.4, -0.2) is 53.6 Å². The number of carboxylic acid groups (broad SMARTS) is 1. The predicted molar refractivity (Wildman–Crippen MR) is 64.7 cm³/mol. The van der Waals surface area contributed by atoms with Gasteiger partial charge in [0.05, 0.1) is 19.6 Å². The maximum Gasteiger partial charge on any atom is 0.321 e. The van der Waals surface area contributed by atoms with Crippen LogP contribution in [0.25, 0.3) is 0 Å². The molecule has 100 valence electrons. The zero-order valence-corrected chi connectivity index (χ0v) is 10.4. The van der Waals surface area contributed by atoms with Gasteiger partial charge in [-0.15, -0.1) is 6.42 Å². The molecule has 18 heavy (non-hydrogen) atoms. The summed E-state index contributed by atoms with van der Waals surface area (Å²) < 4.78 is 0. The number of hydrogen-bond acceptors (Lipinski definition) is 4. The zero-order chi connectivity index (χ0) is 14.1. The Bertz CT molecular complexity index is 360. The van der Waals surface area contributed by atoms with E-state index < -0.39 is 17.9 Å². The number of hydrogen-bond donors (Lipinski definition) is 3. The molecule has 7 heteroatoms. The molecule has 0 fully saturated rings. The fourth-order valence-corrected chi connectivity index (χ4v) is 1.16. The van der Waals surface area contributed by atoms with Crippen molar-refractivity contribution in [2.75, 3.05) is 19.6 Å². The van der Waals surface area contributed by atoms with E-state index in [1.165, 1.54) is 4.90 Å². The Morgan fingerprint density at radius 2 is 1.94 bits per heavy atom. The van der Waals surface area contributed by atoms with Crippen molar-refractivity contribution in [3.63, 3.8) is 0 Å². The van der Waals surface area contributed by atoms with E-state index in [1.807, 2.05) is 0 Å². The third kappa shape index (κ3) is 8.13. The Labute approximate surface area is 106 Å². The van der Waals surface area contributed by atoms with Gasteiger partial charge >= 0.3 is 12.0 Å². The number of carbonyl (C=O) groups excluding carboxylic acids is 2. The van der Waals surface area contributed by atoms with E-state index in [1.54, 1.807) is 13.8 Å². The summed E-state index contributed by atoms with van der Waals surface area (Å²) in [5, 5.41) is 13.2. The molecular formula is C11H17N3O4. The summed E-state index contributed by atoms with van der Waals surface area (Å²) >= 11 is 0. The van der Waals surface area contributed by atoms with Crippen molar-refractivity contribution in [3.05, 3.63) is 0 Å². The highest BCUT2D eigenvalue weighted by Crippen LogP contribution is 1.87. The molecule has 0 rings (SSSR count). The zero-order valence-electron chi connectivity index (χ0n) is 10.4. The van der Waals surface area contributed by atoms with Crippen LogP contribution in [0.15, 0.2) is 0 Å². The molecule has 0 aromatic heterocycles. The van der Waals surface area contributed by atoms with Crippen molar-refractivity contribution in [1.29, 1.82) is 0 Å². The highest BCUT2D eigenvalue weighted by atomic mass is 16.4. The highest BCUT2D eigenvalue weighted by Gasteiger charge is 2.15. The van der Waals surface area contributed by atoms with Crippen molar-refractivity contribution in [3.8, 4) is 12.3 Å². The average Bonchev–Trinajstić information content (AvgIpc) is 2.14. The fraction of sp³-hybridized carbons (Fsp3) is 0.545. The fourth-order valence-electron chi connectivity index (χ4n) is 1.16. The number of carbonyl (C=O) groups is 3. The van der Waals surface area contributed by atoms with Gasteiger partial charge in [-0.2, -0.15) is 0 Å². The molecule has 0 heterocycles. The van der Waals surface area contributed by atoms with Gasteiger partial charge in [-0.05, 0) is 13.8 Å². The van der Waals surface area contributed by atoms with Crippen LogP contribution in [0.3, 0.4) is 0 Å². The van der Waals surface area contributed by atoms with Crippen LogP contribution < -0.4 is 10.6 Å². The molecule has 0 saturated heterocycles. The molecule has 0 spiro atoms. The molecule has 0 atom stereocenters. The third-order valence-corrected chi connectivity index (χ3v) is 1.71. The molecule has 0 aliphatic rings. The monoisotopic (exact) mass is 255 g/mol. The highest BCUT2D eigenvalue weighted by molar-refractivity contribution is 5.95. The number of terminal acetylenes is 1. The minimum atomic E-state index is -1.09. The smallest absolute Gasteiger partial charge is 0.321 e. The van der Waals surface area contributed by atoms with Crippen LogP contribution in [-0.2, 0) is 9.59 Å². The lowest BCUT2D eigenvalue weighted by Gasteiger charge is -2.16. The van der Waals surface area contributed by atoms with Crippen molar-refractivity contribution >= 4 is 17.9 Å². The lowest BCUT2D eigenvalue weighted by molar-refractivity contribution is -0.138. The molecule has 0 aliphatic heterocycles. The SMILES string of the molecule is C#CCN(CC(=O)O)CC(=O)NC(=O)NC(C)C. The minimum absolute atomic E-state index is 0.0194. The molecule has 0 aromatic carbocycles. The molecule has 0 saturated carbocycles. The number of carboxylic acids is 1. The maximum atomic E-state index is 11.4. The Morgan fingerprint density at radius 3 is 2.39 bits per heavy atom. The Hall–Kier alpha value is -2.07. The number of nitrogens with one attached hydrogen (secondary N) is 2. The van der Waals surface area contributed by atoms with Crippen LogP contribution in [0.5, 0.6) is 0 Å². The first-order valence-electron chi connectivity index (χ1n) is 5.33. The van der Waals surface area contributed by atoms with Crippen LogP contribution >= 0.6 is 0 Å². The van der Waals surface area contributed by atoms with Gasteiger partial charge in [-0.3, -0.25) is 19.8 Å². The number of amides is 3. The van der Waals surface area contributed by atoms with Gasteiger partial charge in [0.1, 0.15) is 0 Å². The largest absolute Gasteiger partial charge is 0.480 e. The molecule has 0 unspecified atom stereocenters. The molecule has 0 aromatic rings. The Balaban J connectivity index is 4.21. The van der Waals surface area contributed by atoms with Crippen molar-refractivity contribution in [2.45, 2.75) is 19.9 Å². The number of urea groups is 1. The molecule has 7 nitrogen and oxygen atoms in total. The van der Waals surface area contributed by atoms with Gasteiger partial charge in [0.25, 0.3) is 0 Å². The van der Waals surface area contributed by atoms with E-state index in [0.717, 1.165) is 0 Å². The van der Waals surface area contributed by atoms with Crippen LogP contribution in [0.2, 0.25) is 0 Å². The molecular weight excluding hydrogens is 238 g/mol. The number of aliphatic carboxylic acids is 1. The lowest BCUT2D eigenvalue weighted by Crippen LogP contribution is -2.47. The summed E-state index contributed by atoms with van der Waals surface area (Å²) in [6.07, 6.45) is 5.05. The third-order valence-electron chi connectivity index (χ3n) is 1.71. The summed E-state index contributed by atoms with van der Waals surface area (Å²) in [4.78, 5) is 34.4. The van der Waals surface area contributed by atoms with Crippen molar-refractivity contribution in [1.82, 2.24) is 15.5 Å². The van der Waals surface area contributed by atoms with Crippen LogP contribution in [0.1, 0.15) is 13.8 Å². The minimum Gasteiger partial charge on any atom is -0.480 e. The van der Waals surface area contributed by atoms with Gasteiger partial charge < -0.3 is 10.4 Å². The molecule has 0 aliphatic carbocycles. The second-order valence-corrected chi connectivity index (χ2v) is 3.92. The number of imide groups is 1. The first-order chi connectivity index (χ1) is 8.35. The van der Waals surface area contributed by atoms with Gasteiger partial charge in [-0.1, -0.05) is 5.92 Å². The van der Waals surface area contributed by atoms with Crippen molar-refractivity contribution in [2.24, 2.45) is 0 Å². The summed E-state index contributed by atoms with van der Waals surface area (Å²) in [6, 6.07) is -0.718. The summed E-state index contributed by atoms with van der Waals surface area (Å²) in [5.74, 6) is 0.546. The normalized spacial score (nSPS) is 9.94. The Kier molecular flexibility index (Phi) is 7.15. The standard InChI is InChI=1S/C11H17N3O4/c1-4-5-14(7-10(16)17)6-9(15)13-11(18)12-8(2)3/h1,8H,5-7H2,2-3H3,(H,16,17)(H2,12,13,15,18).